The van der Waals surface area contributed by atoms with Crippen LogP contribution in [0.1, 0.15) is 39.8 Å². The molecule has 2 heterocycles. The maximum Gasteiger partial charge on any atom is 0.251 e. The normalized spacial score (nSPS) is 11.7. The van der Waals surface area contributed by atoms with Crippen LogP contribution in [0.25, 0.3) is 11.3 Å². The van der Waals surface area contributed by atoms with Crippen LogP contribution < -0.4 is 10.6 Å². The van der Waals surface area contributed by atoms with Gasteiger partial charge in [-0.15, -0.1) is 11.3 Å². The summed E-state index contributed by atoms with van der Waals surface area (Å²) in [6.07, 6.45) is 0. The largest absolute Gasteiger partial charge is 0.344 e. The highest BCUT2D eigenvalue weighted by Gasteiger charge is 2.14. The lowest BCUT2D eigenvalue weighted by Crippen LogP contribution is -2.26. The third kappa shape index (κ3) is 5.13. The lowest BCUT2D eigenvalue weighted by Gasteiger charge is -2.13. The lowest BCUT2D eigenvalue weighted by atomic mass is 10.1. The number of hydrogen-bond donors (Lipinski definition) is 2. The van der Waals surface area contributed by atoms with Crippen LogP contribution in [0.15, 0.2) is 66.0 Å². The molecule has 2 aromatic carbocycles. The highest BCUT2D eigenvalue weighted by atomic mass is 32.1. The monoisotopic (exact) mass is 429 g/mol. The van der Waals surface area contributed by atoms with Gasteiger partial charge in [-0.3, -0.25) is 4.79 Å². The van der Waals surface area contributed by atoms with Crippen molar-refractivity contribution in [3.8, 4) is 11.3 Å². The summed E-state index contributed by atoms with van der Waals surface area (Å²) in [5.74, 6) is 1.20. The zero-order valence-electron chi connectivity index (χ0n) is 17.6. The van der Waals surface area contributed by atoms with E-state index in [1.165, 1.54) is 0 Å². The summed E-state index contributed by atoms with van der Waals surface area (Å²) in [5, 5.41) is 9.26. The van der Waals surface area contributed by atoms with E-state index in [1.54, 1.807) is 17.4 Å². The number of carbonyl (C=O) groups excluding carboxylic acids is 1. The van der Waals surface area contributed by atoms with Gasteiger partial charge in [0.2, 0.25) is 0 Å². The van der Waals surface area contributed by atoms with Crippen LogP contribution in [0.2, 0.25) is 0 Å². The molecule has 1 atom stereocenters. The number of carbonyl (C=O) groups is 1. The number of amides is 1. The molecule has 0 saturated heterocycles. The number of anilines is 2. The summed E-state index contributed by atoms with van der Waals surface area (Å²) in [7, 11) is 0. The molecule has 7 heteroatoms. The molecule has 2 aromatic heterocycles. The van der Waals surface area contributed by atoms with E-state index in [0.29, 0.717) is 17.2 Å². The molecule has 0 saturated carbocycles. The van der Waals surface area contributed by atoms with Crippen molar-refractivity contribution >= 4 is 28.7 Å². The maximum absolute atomic E-state index is 12.7. The maximum atomic E-state index is 12.7. The van der Waals surface area contributed by atoms with Crippen LogP contribution in [0.3, 0.4) is 0 Å². The summed E-state index contributed by atoms with van der Waals surface area (Å²) < 4.78 is 0. The molecular formula is C24H23N5OS. The van der Waals surface area contributed by atoms with Gasteiger partial charge in [0.25, 0.3) is 5.91 Å². The van der Waals surface area contributed by atoms with E-state index in [-0.39, 0.29) is 11.9 Å². The first-order valence-electron chi connectivity index (χ1n) is 9.99. The first kappa shape index (κ1) is 20.7. The van der Waals surface area contributed by atoms with Crippen molar-refractivity contribution in [2.24, 2.45) is 0 Å². The van der Waals surface area contributed by atoms with E-state index in [4.69, 9.17) is 0 Å². The van der Waals surface area contributed by atoms with Gasteiger partial charge < -0.3 is 10.6 Å². The Kier molecular flexibility index (Phi) is 6.04. The van der Waals surface area contributed by atoms with Crippen molar-refractivity contribution in [2.75, 3.05) is 5.32 Å². The Morgan fingerprint density at radius 1 is 0.968 bits per heavy atom. The van der Waals surface area contributed by atoms with E-state index in [2.05, 4.69) is 25.6 Å². The van der Waals surface area contributed by atoms with Gasteiger partial charge in [-0.1, -0.05) is 36.4 Å². The van der Waals surface area contributed by atoms with Crippen molar-refractivity contribution < 1.29 is 4.79 Å². The molecule has 0 radical (unpaired) electrons. The molecule has 0 spiro atoms. The smallest absolute Gasteiger partial charge is 0.251 e. The van der Waals surface area contributed by atoms with Gasteiger partial charge in [0.05, 0.1) is 22.4 Å². The molecule has 6 nitrogen and oxygen atoms in total. The molecule has 0 fully saturated rings. The van der Waals surface area contributed by atoms with E-state index in [0.717, 1.165) is 27.6 Å². The molecule has 1 unspecified atom stereocenters. The molecular weight excluding hydrogens is 406 g/mol. The zero-order chi connectivity index (χ0) is 21.8. The quantitative estimate of drug-likeness (QED) is 0.426. The first-order valence-corrected chi connectivity index (χ1v) is 10.9. The zero-order valence-corrected chi connectivity index (χ0v) is 18.4. The number of aryl methyl sites for hydroxylation is 2. The molecule has 31 heavy (non-hydrogen) atoms. The minimum Gasteiger partial charge on any atom is -0.344 e. The Morgan fingerprint density at radius 3 is 2.52 bits per heavy atom. The van der Waals surface area contributed by atoms with Crippen LogP contribution in [0, 0.1) is 13.8 Å². The molecule has 4 rings (SSSR count). The second-order valence-corrected chi connectivity index (χ2v) is 8.31. The summed E-state index contributed by atoms with van der Waals surface area (Å²) in [4.78, 5) is 26.2. The average Bonchev–Trinajstić information content (AvgIpc) is 3.20. The Balaban J connectivity index is 1.51. The number of aromatic nitrogens is 3. The number of hydrogen-bond acceptors (Lipinski definition) is 6. The molecule has 2 N–H and O–H groups in total. The standard InChI is InChI=1S/C24H23N5OS/c1-15(22-14-31-17(3)28-22)25-24(30)19-10-7-11-20(12-19)29-23-13-21(26-16(2)27-23)18-8-5-4-6-9-18/h4-15H,1-3H3,(H,25,30)(H,26,27,29). The number of nitrogens with zero attached hydrogens (tertiary/aromatic N) is 3. The molecule has 1 amide bonds. The second-order valence-electron chi connectivity index (χ2n) is 7.24. The van der Waals surface area contributed by atoms with Crippen LogP contribution in [0.5, 0.6) is 0 Å². The van der Waals surface area contributed by atoms with Gasteiger partial charge in [-0.05, 0) is 39.0 Å². The summed E-state index contributed by atoms with van der Waals surface area (Å²) in [6.45, 7) is 5.75. The number of benzene rings is 2. The van der Waals surface area contributed by atoms with E-state index >= 15 is 0 Å². The highest BCUT2D eigenvalue weighted by Crippen LogP contribution is 2.23. The number of rotatable bonds is 6. The number of nitrogens with one attached hydrogen (secondary N) is 2. The summed E-state index contributed by atoms with van der Waals surface area (Å²) >= 11 is 1.58. The van der Waals surface area contributed by atoms with Crippen molar-refractivity contribution in [1.29, 1.82) is 0 Å². The van der Waals surface area contributed by atoms with Gasteiger partial charge >= 0.3 is 0 Å². The van der Waals surface area contributed by atoms with Gasteiger partial charge in [-0.2, -0.15) is 0 Å². The van der Waals surface area contributed by atoms with E-state index in [9.17, 15) is 4.79 Å². The Labute approximate surface area is 185 Å². The van der Waals surface area contributed by atoms with Crippen LogP contribution in [0.4, 0.5) is 11.5 Å². The second kappa shape index (κ2) is 9.06. The number of thiazole rings is 1. The Bertz CT molecular complexity index is 1210. The van der Waals surface area contributed by atoms with Crippen molar-refractivity contribution in [2.45, 2.75) is 26.8 Å². The molecule has 0 aliphatic carbocycles. The Morgan fingerprint density at radius 2 is 1.77 bits per heavy atom. The van der Waals surface area contributed by atoms with E-state index in [1.807, 2.05) is 80.7 Å². The minimum absolute atomic E-state index is 0.148. The molecule has 0 aliphatic heterocycles. The fourth-order valence-corrected chi connectivity index (χ4v) is 3.91. The highest BCUT2D eigenvalue weighted by molar-refractivity contribution is 7.09. The molecule has 0 aliphatic rings. The molecule has 0 bridgehead atoms. The first-order chi connectivity index (χ1) is 15.0. The van der Waals surface area contributed by atoms with Gasteiger partial charge in [-0.25, -0.2) is 15.0 Å². The predicted molar refractivity (Wildman–Crippen MR) is 125 cm³/mol. The minimum atomic E-state index is -0.160. The lowest BCUT2D eigenvalue weighted by molar-refractivity contribution is 0.0939. The van der Waals surface area contributed by atoms with Crippen LogP contribution >= 0.6 is 11.3 Å². The van der Waals surface area contributed by atoms with Gasteiger partial charge in [0.15, 0.2) is 0 Å². The van der Waals surface area contributed by atoms with Gasteiger partial charge in [0, 0.05) is 28.3 Å². The molecule has 156 valence electrons. The topological polar surface area (TPSA) is 79.8 Å². The van der Waals surface area contributed by atoms with Crippen molar-refractivity contribution in [3.63, 3.8) is 0 Å². The van der Waals surface area contributed by atoms with Crippen LogP contribution in [-0.4, -0.2) is 20.9 Å². The fraction of sp³-hybridized carbons (Fsp3) is 0.167. The predicted octanol–water partition coefficient (Wildman–Crippen LogP) is 5.45. The summed E-state index contributed by atoms with van der Waals surface area (Å²) in [6, 6.07) is 19.1. The molecule has 4 aromatic rings. The van der Waals surface area contributed by atoms with Gasteiger partial charge in [0.1, 0.15) is 11.6 Å². The van der Waals surface area contributed by atoms with Crippen LogP contribution in [-0.2, 0) is 0 Å². The van der Waals surface area contributed by atoms with Crippen molar-refractivity contribution in [1.82, 2.24) is 20.3 Å². The van der Waals surface area contributed by atoms with E-state index < -0.39 is 0 Å². The third-order valence-electron chi connectivity index (χ3n) is 4.73. The summed E-state index contributed by atoms with van der Waals surface area (Å²) in [5.41, 5.74) is 4.09. The SMILES string of the molecule is Cc1nc(Nc2cccc(C(=O)NC(C)c3csc(C)n3)c2)cc(-c2ccccc2)n1. The average molecular weight is 430 g/mol. The third-order valence-corrected chi connectivity index (χ3v) is 5.52. The fourth-order valence-electron chi connectivity index (χ4n) is 3.21. The Hall–Kier alpha value is -3.58. The van der Waals surface area contributed by atoms with Crippen molar-refractivity contribution in [3.05, 3.63) is 88.1 Å².